The van der Waals surface area contributed by atoms with Gasteiger partial charge in [-0.15, -0.1) is 0 Å². The average Bonchev–Trinajstić information content (AvgIpc) is 2.69. The van der Waals surface area contributed by atoms with Gasteiger partial charge >= 0.3 is 0 Å². The monoisotopic (exact) mass is 311 g/mol. The van der Waals surface area contributed by atoms with Gasteiger partial charge in [-0.05, 0) is 38.5 Å². The van der Waals surface area contributed by atoms with Gasteiger partial charge in [0.2, 0.25) is 0 Å². The van der Waals surface area contributed by atoms with Crippen molar-refractivity contribution in [2.24, 2.45) is 0 Å². The van der Waals surface area contributed by atoms with Gasteiger partial charge in [0.15, 0.2) is 0 Å². The summed E-state index contributed by atoms with van der Waals surface area (Å²) in [7, 11) is -1.19. The predicted octanol–water partition coefficient (Wildman–Crippen LogP) is 3.06. The van der Waals surface area contributed by atoms with Crippen molar-refractivity contribution in [1.82, 2.24) is 9.78 Å². The Hall–Kier alpha value is -1.33. The zero-order valence-electron chi connectivity index (χ0n) is 11.8. The molecule has 0 bridgehead atoms. The Bertz CT molecular complexity index is 667. The van der Waals surface area contributed by atoms with Crippen LogP contribution in [0, 0.1) is 13.8 Å². The van der Waals surface area contributed by atoms with Crippen LogP contribution in [0.15, 0.2) is 23.1 Å². The SMILES string of the molecule is CCn1nc(C)c(Cl)c1CS(=O)c1cccc(N)c1C. The fourth-order valence-electron chi connectivity index (χ4n) is 2.09. The molecule has 2 N–H and O–H groups in total. The predicted molar refractivity (Wildman–Crippen MR) is 83.4 cm³/mol. The summed E-state index contributed by atoms with van der Waals surface area (Å²) in [5.41, 5.74) is 8.96. The number of anilines is 1. The molecule has 20 heavy (non-hydrogen) atoms. The molecular weight excluding hydrogens is 294 g/mol. The first kappa shape index (κ1) is 15.1. The van der Waals surface area contributed by atoms with Crippen molar-refractivity contribution in [1.29, 1.82) is 0 Å². The largest absolute Gasteiger partial charge is 0.398 e. The van der Waals surface area contributed by atoms with Crippen LogP contribution in [0.25, 0.3) is 0 Å². The van der Waals surface area contributed by atoms with Crippen LogP contribution in [-0.4, -0.2) is 14.0 Å². The molecule has 0 radical (unpaired) electrons. The zero-order chi connectivity index (χ0) is 14.9. The summed E-state index contributed by atoms with van der Waals surface area (Å²) in [6.45, 7) is 6.43. The van der Waals surface area contributed by atoms with E-state index in [1.807, 2.05) is 39.0 Å². The standard InChI is InChI=1S/C14H18ClN3OS/c1-4-18-12(14(15)10(3)17-18)8-20(19)13-7-5-6-11(16)9(13)2/h5-7H,4,8,16H2,1-3H3. The number of benzene rings is 1. The van der Waals surface area contributed by atoms with E-state index in [2.05, 4.69) is 5.10 Å². The van der Waals surface area contributed by atoms with E-state index in [0.717, 1.165) is 21.8 Å². The van der Waals surface area contributed by atoms with Crippen LogP contribution >= 0.6 is 11.6 Å². The summed E-state index contributed by atoms with van der Waals surface area (Å²) < 4.78 is 14.4. The lowest BCUT2D eigenvalue weighted by Gasteiger charge is -2.09. The molecule has 4 nitrogen and oxygen atoms in total. The van der Waals surface area contributed by atoms with E-state index >= 15 is 0 Å². The highest BCUT2D eigenvalue weighted by atomic mass is 35.5. The minimum absolute atomic E-state index is 0.345. The Morgan fingerprint density at radius 2 is 2.10 bits per heavy atom. The zero-order valence-corrected chi connectivity index (χ0v) is 13.4. The molecule has 1 unspecified atom stereocenters. The number of hydrogen-bond acceptors (Lipinski definition) is 3. The summed E-state index contributed by atoms with van der Waals surface area (Å²) in [6.07, 6.45) is 0. The number of aromatic nitrogens is 2. The highest BCUT2D eigenvalue weighted by molar-refractivity contribution is 7.84. The van der Waals surface area contributed by atoms with Gasteiger partial charge in [0.25, 0.3) is 0 Å². The van der Waals surface area contributed by atoms with E-state index in [0.29, 0.717) is 23.0 Å². The van der Waals surface area contributed by atoms with Crippen molar-refractivity contribution in [3.63, 3.8) is 0 Å². The molecule has 0 fully saturated rings. The summed E-state index contributed by atoms with van der Waals surface area (Å²) in [4.78, 5) is 0.752. The molecule has 0 amide bonds. The molecule has 0 spiro atoms. The third-order valence-corrected chi connectivity index (χ3v) is 5.25. The van der Waals surface area contributed by atoms with E-state index in [1.54, 1.807) is 4.68 Å². The molecule has 1 heterocycles. The molecule has 2 rings (SSSR count). The summed E-state index contributed by atoms with van der Waals surface area (Å²) >= 11 is 6.25. The van der Waals surface area contributed by atoms with Crippen LogP contribution in [-0.2, 0) is 23.1 Å². The van der Waals surface area contributed by atoms with Gasteiger partial charge in [0.1, 0.15) is 0 Å². The fourth-order valence-corrected chi connectivity index (χ4v) is 3.76. The van der Waals surface area contributed by atoms with Crippen molar-refractivity contribution in [3.8, 4) is 0 Å². The molecule has 2 aromatic rings. The van der Waals surface area contributed by atoms with Crippen molar-refractivity contribution in [3.05, 3.63) is 40.2 Å². The van der Waals surface area contributed by atoms with Crippen LogP contribution < -0.4 is 5.73 Å². The molecule has 6 heteroatoms. The van der Waals surface area contributed by atoms with Gasteiger partial charge in [0.05, 0.1) is 33.0 Å². The van der Waals surface area contributed by atoms with Gasteiger partial charge in [-0.25, -0.2) is 0 Å². The Kier molecular flexibility index (Phi) is 4.50. The van der Waals surface area contributed by atoms with Gasteiger partial charge in [-0.2, -0.15) is 5.10 Å². The van der Waals surface area contributed by atoms with Gasteiger partial charge in [-0.1, -0.05) is 17.7 Å². The quantitative estimate of drug-likeness (QED) is 0.883. The third-order valence-electron chi connectivity index (χ3n) is 3.29. The second-order valence-corrected chi connectivity index (χ2v) is 6.42. The maximum Gasteiger partial charge on any atom is 0.0856 e. The van der Waals surface area contributed by atoms with E-state index in [4.69, 9.17) is 17.3 Å². The third kappa shape index (κ3) is 2.74. The minimum Gasteiger partial charge on any atom is -0.398 e. The number of rotatable bonds is 4. The number of hydrogen-bond donors (Lipinski definition) is 1. The number of nitrogens with two attached hydrogens (primary N) is 1. The topological polar surface area (TPSA) is 60.9 Å². The normalized spacial score (nSPS) is 12.6. The molecule has 1 atom stereocenters. The van der Waals surface area contributed by atoms with Gasteiger partial charge in [-0.3, -0.25) is 8.89 Å². The van der Waals surface area contributed by atoms with E-state index < -0.39 is 10.8 Å². The van der Waals surface area contributed by atoms with Crippen molar-refractivity contribution in [2.45, 2.75) is 38.0 Å². The summed E-state index contributed by atoms with van der Waals surface area (Å²) in [5, 5.41) is 4.94. The van der Waals surface area contributed by atoms with Crippen LogP contribution in [0.1, 0.15) is 23.9 Å². The number of nitrogens with zero attached hydrogens (tertiary/aromatic N) is 2. The molecule has 0 aliphatic carbocycles. The highest BCUT2D eigenvalue weighted by Crippen LogP contribution is 2.26. The first-order valence-electron chi connectivity index (χ1n) is 6.41. The van der Waals surface area contributed by atoms with E-state index in [9.17, 15) is 4.21 Å². The van der Waals surface area contributed by atoms with Gasteiger partial charge < -0.3 is 5.73 Å². The lowest BCUT2D eigenvalue weighted by Crippen LogP contribution is -2.07. The Balaban J connectivity index is 2.35. The van der Waals surface area contributed by atoms with Crippen LogP contribution in [0.2, 0.25) is 5.02 Å². The first-order valence-corrected chi connectivity index (χ1v) is 8.10. The lowest BCUT2D eigenvalue weighted by atomic mass is 10.2. The molecule has 108 valence electrons. The molecule has 1 aromatic carbocycles. The maximum absolute atomic E-state index is 12.6. The summed E-state index contributed by atoms with van der Waals surface area (Å²) in [6, 6.07) is 5.47. The Morgan fingerprint density at radius 1 is 1.40 bits per heavy atom. The Morgan fingerprint density at radius 3 is 2.75 bits per heavy atom. The van der Waals surface area contributed by atoms with Crippen molar-refractivity contribution < 1.29 is 4.21 Å². The second-order valence-electron chi connectivity index (χ2n) is 4.62. The fraction of sp³-hybridized carbons (Fsp3) is 0.357. The van der Waals surface area contributed by atoms with E-state index in [1.165, 1.54) is 0 Å². The molecular formula is C14H18ClN3OS. The minimum atomic E-state index is -1.19. The number of nitrogen functional groups attached to an aromatic ring is 1. The molecule has 0 saturated heterocycles. The molecule has 0 saturated carbocycles. The van der Waals surface area contributed by atoms with Crippen molar-refractivity contribution in [2.75, 3.05) is 5.73 Å². The van der Waals surface area contributed by atoms with E-state index in [-0.39, 0.29) is 0 Å². The first-order chi connectivity index (χ1) is 9.45. The van der Waals surface area contributed by atoms with Crippen LogP contribution in [0.3, 0.4) is 0 Å². The smallest absolute Gasteiger partial charge is 0.0856 e. The maximum atomic E-state index is 12.6. The highest BCUT2D eigenvalue weighted by Gasteiger charge is 2.17. The van der Waals surface area contributed by atoms with Crippen LogP contribution in [0.4, 0.5) is 5.69 Å². The Labute approximate surface area is 126 Å². The summed E-state index contributed by atoms with van der Waals surface area (Å²) in [5.74, 6) is 0.345. The van der Waals surface area contributed by atoms with Crippen LogP contribution in [0.5, 0.6) is 0 Å². The lowest BCUT2D eigenvalue weighted by molar-refractivity contribution is 0.627. The number of halogens is 1. The van der Waals surface area contributed by atoms with Gasteiger partial charge in [0, 0.05) is 17.1 Å². The molecule has 0 aliphatic heterocycles. The average molecular weight is 312 g/mol. The number of aryl methyl sites for hydroxylation is 2. The second kappa shape index (κ2) is 5.97. The molecule has 0 aliphatic rings. The van der Waals surface area contributed by atoms with Crippen molar-refractivity contribution >= 4 is 28.1 Å². The molecule has 1 aromatic heterocycles.